The van der Waals surface area contributed by atoms with Gasteiger partial charge in [-0.25, -0.2) is 0 Å². The molecular weight excluding hydrogens is 417 g/mol. The molecule has 0 saturated carbocycles. The van der Waals surface area contributed by atoms with Crippen molar-refractivity contribution in [2.75, 3.05) is 13.7 Å². The van der Waals surface area contributed by atoms with Gasteiger partial charge < -0.3 is 10.1 Å². The third-order valence-corrected chi connectivity index (χ3v) is 4.60. The van der Waals surface area contributed by atoms with Crippen molar-refractivity contribution in [2.45, 2.75) is 13.0 Å². The average molecular weight is 434 g/mol. The normalized spacial score (nSPS) is 12.2. The molecule has 21 heavy (non-hydrogen) atoms. The van der Waals surface area contributed by atoms with Crippen LogP contribution < -0.4 is 10.1 Å². The average Bonchev–Trinajstić information content (AvgIpc) is 2.45. The van der Waals surface area contributed by atoms with Gasteiger partial charge in [0.05, 0.1) is 13.2 Å². The van der Waals surface area contributed by atoms with Crippen LogP contribution in [0.15, 0.2) is 45.3 Å². The molecule has 1 unspecified atom stereocenters. The molecule has 5 heteroatoms. The van der Waals surface area contributed by atoms with E-state index >= 15 is 0 Å². The van der Waals surface area contributed by atoms with Gasteiger partial charge in [-0.3, -0.25) is 0 Å². The van der Waals surface area contributed by atoms with Crippen LogP contribution in [-0.4, -0.2) is 13.7 Å². The van der Waals surface area contributed by atoms with Gasteiger partial charge in [-0.1, -0.05) is 56.5 Å². The maximum absolute atomic E-state index is 6.05. The van der Waals surface area contributed by atoms with E-state index in [1.54, 1.807) is 7.11 Å². The summed E-state index contributed by atoms with van der Waals surface area (Å²) < 4.78 is 7.51. The van der Waals surface area contributed by atoms with Gasteiger partial charge in [0.25, 0.3) is 0 Å². The highest BCUT2D eigenvalue weighted by molar-refractivity contribution is 9.10. The number of benzene rings is 2. The molecular formula is C16H16Br2ClNO. The number of halogens is 3. The van der Waals surface area contributed by atoms with Crippen LogP contribution in [0, 0.1) is 0 Å². The van der Waals surface area contributed by atoms with Crippen LogP contribution in [-0.2, 0) is 0 Å². The zero-order valence-corrected chi connectivity index (χ0v) is 15.7. The molecule has 2 nitrogen and oxygen atoms in total. The molecule has 0 aliphatic heterocycles. The Hall–Kier alpha value is -0.550. The molecule has 0 radical (unpaired) electrons. The first-order valence-electron chi connectivity index (χ1n) is 6.58. The third kappa shape index (κ3) is 4.01. The van der Waals surface area contributed by atoms with Crippen LogP contribution in [0.5, 0.6) is 5.75 Å². The second-order valence-corrected chi connectivity index (χ2v) is 6.75. The Morgan fingerprint density at radius 1 is 1.14 bits per heavy atom. The van der Waals surface area contributed by atoms with Crippen LogP contribution >= 0.6 is 43.5 Å². The molecule has 1 N–H and O–H groups in total. The number of hydrogen-bond acceptors (Lipinski definition) is 2. The van der Waals surface area contributed by atoms with E-state index in [1.807, 2.05) is 30.3 Å². The van der Waals surface area contributed by atoms with Crippen LogP contribution in [0.2, 0.25) is 5.02 Å². The Balaban J connectivity index is 2.55. The third-order valence-electron chi connectivity index (χ3n) is 3.18. The predicted molar refractivity (Wildman–Crippen MR) is 95.4 cm³/mol. The fourth-order valence-electron chi connectivity index (χ4n) is 2.26. The fourth-order valence-corrected chi connectivity index (χ4v) is 3.55. The molecule has 0 amide bonds. The minimum Gasteiger partial charge on any atom is -0.496 e. The van der Waals surface area contributed by atoms with Gasteiger partial charge in [-0.05, 0) is 42.4 Å². The highest BCUT2D eigenvalue weighted by Crippen LogP contribution is 2.36. The Kier molecular flexibility index (Phi) is 6.11. The summed E-state index contributed by atoms with van der Waals surface area (Å²) in [6.07, 6.45) is 0. The van der Waals surface area contributed by atoms with Crippen LogP contribution in [0.25, 0.3) is 0 Å². The molecule has 0 fully saturated rings. The lowest BCUT2D eigenvalue weighted by Crippen LogP contribution is -2.23. The minimum atomic E-state index is 0.0223. The van der Waals surface area contributed by atoms with Crippen LogP contribution in [0.4, 0.5) is 0 Å². The molecule has 112 valence electrons. The number of nitrogens with one attached hydrogen (secondary N) is 1. The van der Waals surface area contributed by atoms with Gasteiger partial charge in [0, 0.05) is 19.5 Å². The smallest absolute Gasteiger partial charge is 0.124 e. The molecule has 2 rings (SSSR count). The highest BCUT2D eigenvalue weighted by atomic mass is 79.9. The molecule has 2 aromatic rings. The quantitative estimate of drug-likeness (QED) is 0.665. The molecule has 0 aliphatic carbocycles. The van der Waals surface area contributed by atoms with E-state index in [0.29, 0.717) is 5.02 Å². The Morgan fingerprint density at radius 2 is 1.90 bits per heavy atom. The topological polar surface area (TPSA) is 21.3 Å². The van der Waals surface area contributed by atoms with Gasteiger partial charge in [-0.15, -0.1) is 0 Å². The number of hydrogen-bond donors (Lipinski definition) is 1. The van der Waals surface area contributed by atoms with Crippen LogP contribution in [0.3, 0.4) is 0 Å². The van der Waals surface area contributed by atoms with Crippen LogP contribution in [0.1, 0.15) is 24.1 Å². The lowest BCUT2D eigenvalue weighted by atomic mass is 9.97. The number of rotatable bonds is 5. The van der Waals surface area contributed by atoms with Gasteiger partial charge in [-0.2, -0.15) is 0 Å². The first-order chi connectivity index (χ1) is 10.1. The minimum absolute atomic E-state index is 0.0223. The van der Waals surface area contributed by atoms with Gasteiger partial charge in [0.1, 0.15) is 5.75 Å². The SMILES string of the molecule is CCNC(c1ccc(Cl)cc1Br)c1cc(Br)ccc1OC. The second kappa shape index (κ2) is 7.63. The fraction of sp³-hybridized carbons (Fsp3) is 0.250. The zero-order valence-electron chi connectivity index (χ0n) is 11.8. The van der Waals surface area contributed by atoms with Crippen molar-refractivity contribution in [2.24, 2.45) is 0 Å². The summed E-state index contributed by atoms with van der Waals surface area (Å²) in [5, 5.41) is 4.21. The Morgan fingerprint density at radius 3 is 2.52 bits per heavy atom. The Labute approximate surface area is 147 Å². The standard InChI is InChI=1S/C16H16Br2ClNO/c1-3-20-16(12-6-5-11(19)9-14(12)18)13-8-10(17)4-7-15(13)21-2/h4-9,16,20H,3H2,1-2H3. The first-order valence-corrected chi connectivity index (χ1v) is 8.55. The largest absolute Gasteiger partial charge is 0.496 e. The summed E-state index contributed by atoms with van der Waals surface area (Å²) >= 11 is 13.2. The van der Waals surface area contributed by atoms with Gasteiger partial charge in [0.15, 0.2) is 0 Å². The molecule has 0 aliphatic rings. The number of ether oxygens (including phenoxy) is 1. The molecule has 0 spiro atoms. The molecule has 0 heterocycles. The molecule has 2 aromatic carbocycles. The van der Waals surface area contributed by atoms with E-state index in [1.165, 1.54) is 0 Å². The zero-order chi connectivity index (χ0) is 15.4. The monoisotopic (exact) mass is 431 g/mol. The van der Waals surface area contributed by atoms with E-state index in [9.17, 15) is 0 Å². The summed E-state index contributed by atoms with van der Waals surface area (Å²) in [7, 11) is 1.69. The van der Waals surface area contributed by atoms with Crippen molar-refractivity contribution in [1.82, 2.24) is 5.32 Å². The lowest BCUT2D eigenvalue weighted by molar-refractivity contribution is 0.404. The molecule has 0 aromatic heterocycles. The van der Waals surface area contributed by atoms with Crippen molar-refractivity contribution >= 4 is 43.5 Å². The van der Waals surface area contributed by atoms with E-state index in [2.05, 4.69) is 50.2 Å². The van der Waals surface area contributed by atoms with Crippen molar-refractivity contribution in [3.63, 3.8) is 0 Å². The van der Waals surface area contributed by atoms with Gasteiger partial charge in [0.2, 0.25) is 0 Å². The summed E-state index contributed by atoms with van der Waals surface area (Å²) in [5.74, 6) is 0.853. The lowest BCUT2D eigenvalue weighted by Gasteiger charge is -2.23. The second-order valence-electron chi connectivity index (χ2n) is 4.54. The summed E-state index contributed by atoms with van der Waals surface area (Å²) in [6.45, 7) is 2.93. The summed E-state index contributed by atoms with van der Waals surface area (Å²) in [5.41, 5.74) is 2.20. The van der Waals surface area contributed by atoms with E-state index in [0.717, 1.165) is 32.4 Å². The summed E-state index contributed by atoms with van der Waals surface area (Å²) in [6, 6.07) is 11.9. The molecule has 1 atom stereocenters. The van der Waals surface area contributed by atoms with E-state index < -0.39 is 0 Å². The summed E-state index contributed by atoms with van der Waals surface area (Å²) in [4.78, 5) is 0. The number of methoxy groups -OCH3 is 1. The Bertz CT molecular complexity index is 634. The predicted octanol–water partition coefficient (Wildman–Crippen LogP) is 5.57. The van der Waals surface area contributed by atoms with Crippen molar-refractivity contribution in [3.8, 4) is 5.75 Å². The van der Waals surface area contributed by atoms with E-state index in [-0.39, 0.29) is 6.04 Å². The molecule has 0 saturated heterocycles. The first kappa shape index (κ1) is 16.8. The molecule has 0 bridgehead atoms. The van der Waals surface area contributed by atoms with Crippen molar-refractivity contribution < 1.29 is 4.74 Å². The maximum Gasteiger partial charge on any atom is 0.124 e. The van der Waals surface area contributed by atoms with Gasteiger partial charge >= 0.3 is 0 Å². The van der Waals surface area contributed by atoms with Crippen molar-refractivity contribution in [1.29, 1.82) is 0 Å². The highest BCUT2D eigenvalue weighted by Gasteiger charge is 2.20. The maximum atomic E-state index is 6.05. The van der Waals surface area contributed by atoms with E-state index in [4.69, 9.17) is 16.3 Å². The van der Waals surface area contributed by atoms with Crippen molar-refractivity contribution in [3.05, 3.63) is 61.5 Å².